The Kier molecular flexibility index (Phi) is 9.23. The first kappa shape index (κ1) is 27.2. The molecule has 2 fully saturated rings. The summed E-state index contributed by atoms with van der Waals surface area (Å²) in [4.78, 5) is 29.2. The number of aromatic nitrogens is 1. The maximum Gasteiger partial charge on any atom is 0.270 e. The number of benzene rings is 1. The number of nitrogens with one attached hydrogen (secondary N) is 1. The molecule has 194 valence electrons. The van der Waals surface area contributed by atoms with Gasteiger partial charge in [0.25, 0.3) is 11.5 Å². The quantitative estimate of drug-likeness (QED) is 0.313. The number of carbonyl (C=O) groups excluding carboxylic acids is 1. The standard InChI is InChI=1S/C29H34N4O2S2/c1-3-4-17-32-26(31-16-15-21-11-7-5-8-12-21)23(20(2)24(19-30)27(32)34)18-25-28(35)33(29(36)37-25)22-13-9-6-10-14-22/h5,7-8,11-12,18,22,31H,3-4,6,9-10,13-17H2,1-2H3/b25-18+. The Morgan fingerprint density at radius 2 is 1.92 bits per heavy atom. The molecule has 1 saturated carbocycles. The number of hydrogen-bond acceptors (Lipinski definition) is 6. The lowest BCUT2D eigenvalue weighted by atomic mass is 9.94. The highest BCUT2D eigenvalue weighted by Gasteiger charge is 2.37. The predicted molar refractivity (Wildman–Crippen MR) is 156 cm³/mol. The Morgan fingerprint density at radius 3 is 2.59 bits per heavy atom. The van der Waals surface area contributed by atoms with Crippen LogP contribution in [0, 0.1) is 18.3 Å². The highest BCUT2D eigenvalue weighted by molar-refractivity contribution is 8.26. The minimum atomic E-state index is -0.289. The number of hydrogen-bond donors (Lipinski definition) is 1. The first-order valence-electron chi connectivity index (χ1n) is 13.2. The van der Waals surface area contributed by atoms with Crippen LogP contribution in [0.4, 0.5) is 5.82 Å². The van der Waals surface area contributed by atoms with Crippen LogP contribution in [0.25, 0.3) is 6.08 Å². The van der Waals surface area contributed by atoms with Crippen molar-refractivity contribution in [3.63, 3.8) is 0 Å². The van der Waals surface area contributed by atoms with Gasteiger partial charge in [0, 0.05) is 24.7 Å². The van der Waals surface area contributed by atoms with Crippen LogP contribution < -0.4 is 10.9 Å². The van der Waals surface area contributed by atoms with E-state index in [9.17, 15) is 14.9 Å². The second-order valence-electron chi connectivity index (χ2n) is 9.69. The predicted octanol–water partition coefficient (Wildman–Crippen LogP) is 6.02. The summed E-state index contributed by atoms with van der Waals surface area (Å²) in [6, 6.07) is 12.4. The van der Waals surface area contributed by atoms with E-state index in [0.717, 1.165) is 44.9 Å². The van der Waals surface area contributed by atoms with E-state index in [1.54, 1.807) is 16.4 Å². The summed E-state index contributed by atoms with van der Waals surface area (Å²) in [6.45, 7) is 4.98. The van der Waals surface area contributed by atoms with Gasteiger partial charge in [0.2, 0.25) is 0 Å². The van der Waals surface area contributed by atoms with Crippen molar-refractivity contribution in [1.82, 2.24) is 9.47 Å². The van der Waals surface area contributed by atoms with Crippen molar-refractivity contribution in [2.75, 3.05) is 11.9 Å². The van der Waals surface area contributed by atoms with Gasteiger partial charge in [-0.2, -0.15) is 5.26 Å². The maximum absolute atomic E-state index is 13.5. The van der Waals surface area contributed by atoms with E-state index in [4.69, 9.17) is 12.2 Å². The van der Waals surface area contributed by atoms with Crippen molar-refractivity contribution < 1.29 is 4.79 Å². The van der Waals surface area contributed by atoms with Crippen molar-refractivity contribution in [3.05, 3.63) is 67.8 Å². The van der Waals surface area contributed by atoms with Crippen LogP contribution in [0.2, 0.25) is 0 Å². The number of carbonyl (C=O) groups is 1. The van der Waals surface area contributed by atoms with Crippen LogP contribution >= 0.6 is 24.0 Å². The van der Waals surface area contributed by atoms with Crippen molar-refractivity contribution >= 4 is 46.1 Å². The molecule has 0 radical (unpaired) electrons. The minimum Gasteiger partial charge on any atom is -0.371 e. The number of pyridine rings is 1. The van der Waals surface area contributed by atoms with Crippen LogP contribution in [-0.4, -0.2) is 32.3 Å². The largest absolute Gasteiger partial charge is 0.371 e. The molecule has 6 nitrogen and oxygen atoms in total. The highest BCUT2D eigenvalue weighted by atomic mass is 32.2. The van der Waals surface area contributed by atoms with Gasteiger partial charge in [-0.25, -0.2) is 0 Å². The van der Waals surface area contributed by atoms with Crippen LogP contribution in [0.5, 0.6) is 0 Å². The van der Waals surface area contributed by atoms with Crippen LogP contribution in [0.3, 0.4) is 0 Å². The van der Waals surface area contributed by atoms with Gasteiger partial charge in [-0.15, -0.1) is 0 Å². The number of amides is 1. The van der Waals surface area contributed by atoms with E-state index < -0.39 is 0 Å². The molecule has 2 heterocycles. The summed E-state index contributed by atoms with van der Waals surface area (Å²) in [6.07, 6.45) is 9.74. The van der Waals surface area contributed by atoms with Crippen LogP contribution in [0.15, 0.2) is 40.0 Å². The Bertz CT molecular complexity index is 1290. The zero-order valence-corrected chi connectivity index (χ0v) is 23.2. The molecule has 2 aliphatic rings. The molecule has 0 unspecified atom stereocenters. The average molecular weight is 535 g/mol. The molecule has 2 aromatic rings. The molecule has 1 aliphatic carbocycles. The van der Waals surface area contributed by atoms with E-state index in [1.165, 1.54) is 23.7 Å². The van der Waals surface area contributed by atoms with E-state index in [0.29, 0.717) is 39.3 Å². The third-order valence-electron chi connectivity index (χ3n) is 7.20. The fourth-order valence-corrected chi connectivity index (χ4v) is 6.50. The van der Waals surface area contributed by atoms with Gasteiger partial charge in [-0.05, 0) is 49.8 Å². The highest BCUT2D eigenvalue weighted by Crippen LogP contribution is 2.38. The molecule has 37 heavy (non-hydrogen) atoms. The van der Waals surface area contributed by atoms with Crippen molar-refractivity contribution in [1.29, 1.82) is 5.26 Å². The Morgan fingerprint density at radius 1 is 1.19 bits per heavy atom. The molecule has 4 rings (SSSR count). The summed E-state index contributed by atoms with van der Waals surface area (Å²) in [5.74, 6) is 0.593. The normalized spacial score (nSPS) is 17.4. The SMILES string of the molecule is CCCCn1c(NCCc2ccccc2)c(/C=C2/SC(=S)N(C3CCCCC3)C2=O)c(C)c(C#N)c1=O. The lowest BCUT2D eigenvalue weighted by Gasteiger charge is -2.29. The fraction of sp³-hybridized carbons (Fsp3) is 0.448. The average Bonchev–Trinajstić information content (AvgIpc) is 3.19. The molecule has 1 aromatic carbocycles. The molecule has 1 aromatic heterocycles. The summed E-state index contributed by atoms with van der Waals surface area (Å²) in [5.41, 5.74) is 2.33. The molecule has 1 N–H and O–H groups in total. The van der Waals surface area contributed by atoms with E-state index in [1.807, 2.05) is 24.3 Å². The lowest BCUT2D eigenvalue weighted by molar-refractivity contribution is -0.124. The summed E-state index contributed by atoms with van der Waals surface area (Å²) in [5, 5.41) is 13.3. The first-order valence-corrected chi connectivity index (χ1v) is 14.4. The van der Waals surface area contributed by atoms with Gasteiger partial charge in [-0.1, -0.05) is 86.9 Å². The van der Waals surface area contributed by atoms with E-state index in [2.05, 4.69) is 30.4 Å². The fourth-order valence-electron chi connectivity index (χ4n) is 5.12. The molecule has 0 bridgehead atoms. The number of thioether (sulfide) groups is 1. The van der Waals surface area contributed by atoms with Crippen molar-refractivity contribution in [2.45, 2.75) is 77.8 Å². The van der Waals surface area contributed by atoms with Gasteiger partial charge >= 0.3 is 0 Å². The summed E-state index contributed by atoms with van der Waals surface area (Å²) < 4.78 is 2.27. The lowest BCUT2D eigenvalue weighted by Crippen LogP contribution is -2.39. The third-order valence-corrected chi connectivity index (χ3v) is 8.53. The number of nitriles is 1. The van der Waals surface area contributed by atoms with Gasteiger partial charge in [-0.3, -0.25) is 19.1 Å². The molecule has 1 aliphatic heterocycles. The summed E-state index contributed by atoms with van der Waals surface area (Å²) in [7, 11) is 0. The minimum absolute atomic E-state index is 0.0682. The van der Waals surface area contributed by atoms with Gasteiger partial charge in [0.1, 0.15) is 21.8 Å². The number of anilines is 1. The zero-order chi connectivity index (χ0) is 26.4. The molecule has 8 heteroatoms. The van der Waals surface area contributed by atoms with Crippen LogP contribution in [0.1, 0.15) is 74.1 Å². The number of thiocarbonyl (C=S) groups is 1. The Balaban J connectivity index is 1.74. The Labute approximate surface area is 228 Å². The van der Waals surface area contributed by atoms with Gasteiger partial charge < -0.3 is 5.32 Å². The smallest absolute Gasteiger partial charge is 0.270 e. The molecular weight excluding hydrogens is 500 g/mol. The third kappa shape index (κ3) is 6.00. The monoisotopic (exact) mass is 534 g/mol. The van der Waals surface area contributed by atoms with Crippen molar-refractivity contribution in [3.8, 4) is 6.07 Å². The first-order chi connectivity index (χ1) is 18.0. The molecular formula is C29H34N4O2S2. The molecule has 0 atom stereocenters. The maximum atomic E-state index is 13.5. The number of rotatable bonds is 9. The van der Waals surface area contributed by atoms with E-state index >= 15 is 0 Å². The topological polar surface area (TPSA) is 78.1 Å². The zero-order valence-electron chi connectivity index (χ0n) is 21.6. The number of unbranched alkanes of at least 4 members (excludes halogenated alkanes) is 1. The molecule has 1 saturated heterocycles. The van der Waals surface area contributed by atoms with Gasteiger partial charge in [0.05, 0.1) is 4.91 Å². The van der Waals surface area contributed by atoms with Crippen LogP contribution in [-0.2, 0) is 17.8 Å². The van der Waals surface area contributed by atoms with Gasteiger partial charge in [0.15, 0.2) is 0 Å². The Hall–Kier alpha value is -2.89. The summed E-state index contributed by atoms with van der Waals surface area (Å²) >= 11 is 6.96. The second-order valence-corrected chi connectivity index (χ2v) is 11.4. The number of nitrogens with zero attached hydrogens (tertiary/aromatic N) is 3. The second kappa shape index (κ2) is 12.6. The van der Waals surface area contributed by atoms with Crippen molar-refractivity contribution in [2.24, 2.45) is 0 Å². The molecule has 1 amide bonds. The van der Waals surface area contributed by atoms with E-state index in [-0.39, 0.29) is 23.1 Å². The molecule has 0 spiro atoms.